The molecule has 5 rings (SSSR count). The van der Waals surface area contributed by atoms with Gasteiger partial charge in [0.05, 0.1) is 29.2 Å². The fraction of sp³-hybridized carbons (Fsp3) is 0.591. The number of aromatic nitrogens is 2. The number of benzene rings is 1. The van der Waals surface area contributed by atoms with E-state index in [1.165, 1.54) is 0 Å². The van der Waals surface area contributed by atoms with Crippen LogP contribution in [0.4, 0.5) is 4.79 Å². The summed E-state index contributed by atoms with van der Waals surface area (Å²) in [7, 11) is 0. The van der Waals surface area contributed by atoms with Crippen LogP contribution in [0, 0.1) is 0 Å². The molecule has 3 aliphatic heterocycles. The summed E-state index contributed by atoms with van der Waals surface area (Å²) in [6, 6.07) is 8.59. The first-order valence-corrected chi connectivity index (χ1v) is 12.2. The second-order valence-corrected chi connectivity index (χ2v) is 9.88. The standard InChI is InChI=1S/C22H29N5O2S/c28-19(11-4-3-10-18-20-16(13-30-18)25-22(29)26-20)27-12-6-5-9-17(27)21-23-14-7-1-2-8-15(14)24-21/h1-2,7-8,16-18,20H,3-6,9-13H2,(H,23,24)(H2,25,26,29)/t16-,17-,18-,20-/m0/s1. The van der Waals surface area contributed by atoms with Crippen LogP contribution < -0.4 is 10.6 Å². The first kappa shape index (κ1) is 19.7. The van der Waals surface area contributed by atoms with Gasteiger partial charge in [-0.05, 0) is 44.2 Å². The number of urea groups is 1. The summed E-state index contributed by atoms with van der Waals surface area (Å²) >= 11 is 1.94. The van der Waals surface area contributed by atoms with Crippen molar-refractivity contribution in [1.29, 1.82) is 0 Å². The summed E-state index contributed by atoms with van der Waals surface area (Å²) in [6.45, 7) is 0.820. The van der Waals surface area contributed by atoms with E-state index in [9.17, 15) is 9.59 Å². The Kier molecular flexibility index (Phi) is 5.58. The molecule has 1 aromatic heterocycles. The van der Waals surface area contributed by atoms with E-state index in [2.05, 4.69) is 15.6 Å². The number of H-pyrrole nitrogens is 1. The number of nitrogens with zero attached hydrogens (tertiary/aromatic N) is 2. The van der Waals surface area contributed by atoms with E-state index in [-0.39, 0.29) is 30.1 Å². The molecule has 4 atom stereocenters. The number of thioether (sulfide) groups is 1. The molecule has 0 radical (unpaired) electrons. The maximum atomic E-state index is 13.0. The van der Waals surface area contributed by atoms with Crippen molar-refractivity contribution in [2.75, 3.05) is 12.3 Å². The minimum Gasteiger partial charge on any atom is -0.340 e. The smallest absolute Gasteiger partial charge is 0.315 e. The third kappa shape index (κ3) is 3.89. The maximum Gasteiger partial charge on any atom is 0.315 e. The van der Waals surface area contributed by atoms with Gasteiger partial charge in [-0.1, -0.05) is 18.6 Å². The molecule has 0 spiro atoms. The molecule has 3 aliphatic rings. The summed E-state index contributed by atoms with van der Waals surface area (Å²) in [5, 5.41) is 6.49. The third-order valence-electron chi connectivity index (χ3n) is 6.61. The summed E-state index contributed by atoms with van der Waals surface area (Å²) in [5.41, 5.74) is 2.00. The topological polar surface area (TPSA) is 90.1 Å². The third-order valence-corrected chi connectivity index (χ3v) is 8.12. The Bertz CT molecular complexity index is 898. The number of amides is 3. The number of carbonyl (C=O) groups is 2. The second kappa shape index (κ2) is 8.49. The lowest BCUT2D eigenvalue weighted by Gasteiger charge is -2.34. The number of hydrogen-bond donors (Lipinski definition) is 3. The fourth-order valence-electron chi connectivity index (χ4n) is 5.05. The SMILES string of the molecule is O=C1N[C@H]2[C@H](CS[C@H]2CCCCC(=O)N2CCCC[C@H]2c2nc3ccccc3[nH]2)N1. The number of imidazole rings is 1. The zero-order valence-corrected chi connectivity index (χ0v) is 17.9. The minimum atomic E-state index is -0.0350. The molecular weight excluding hydrogens is 398 g/mol. The molecule has 4 heterocycles. The van der Waals surface area contributed by atoms with Gasteiger partial charge in [-0.15, -0.1) is 0 Å². The average molecular weight is 428 g/mol. The molecule has 3 fully saturated rings. The summed E-state index contributed by atoms with van der Waals surface area (Å²) in [5.74, 6) is 2.15. The highest BCUT2D eigenvalue weighted by molar-refractivity contribution is 8.00. The fourth-order valence-corrected chi connectivity index (χ4v) is 6.60. The van der Waals surface area contributed by atoms with E-state index in [0.29, 0.717) is 11.7 Å². The molecule has 0 unspecified atom stereocenters. The molecule has 1 aromatic carbocycles. The number of para-hydroxylation sites is 2. The molecule has 0 saturated carbocycles. The lowest BCUT2D eigenvalue weighted by Crippen LogP contribution is -2.39. The zero-order valence-electron chi connectivity index (χ0n) is 17.1. The van der Waals surface area contributed by atoms with Gasteiger partial charge in [0.2, 0.25) is 5.91 Å². The molecule has 3 amide bonds. The Morgan fingerprint density at radius 2 is 2.10 bits per heavy atom. The van der Waals surface area contributed by atoms with Crippen LogP contribution in [0.15, 0.2) is 24.3 Å². The van der Waals surface area contributed by atoms with Crippen LogP contribution in [0.3, 0.4) is 0 Å². The van der Waals surface area contributed by atoms with Crippen LogP contribution in [0.25, 0.3) is 11.0 Å². The molecule has 160 valence electrons. The van der Waals surface area contributed by atoms with Crippen molar-refractivity contribution in [1.82, 2.24) is 25.5 Å². The number of rotatable bonds is 6. The Morgan fingerprint density at radius 3 is 3.00 bits per heavy atom. The number of fused-ring (bicyclic) bond motifs is 2. The van der Waals surface area contributed by atoms with Gasteiger partial charge in [-0.2, -0.15) is 11.8 Å². The Balaban J connectivity index is 1.15. The van der Waals surface area contributed by atoms with Gasteiger partial charge in [-0.3, -0.25) is 4.79 Å². The van der Waals surface area contributed by atoms with Gasteiger partial charge in [0, 0.05) is 24.0 Å². The van der Waals surface area contributed by atoms with Crippen LogP contribution in [-0.4, -0.2) is 56.4 Å². The number of piperidine rings is 1. The number of carbonyl (C=O) groups excluding carboxylic acids is 2. The van der Waals surface area contributed by atoms with E-state index >= 15 is 0 Å². The van der Waals surface area contributed by atoms with Gasteiger partial charge >= 0.3 is 6.03 Å². The number of likely N-dealkylation sites (tertiary alicyclic amines) is 1. The Hall–Kier alpha value is -2.22. The predicted octanol–water partition coefficient (Wildman–Crippen LogP) is 3.34. The monoisotopic (exact) mass is 427 g/mol. The molecule has 2 aromatic rings. The molecule has 7 nitrogen and oxygen atoms in total. The predicted molar refractivity (Wildman–Crippen MR) is 118 cm³/mol. The molecule has 3 N–H and O–H groups in total. The van der Waals surface area contributed by atoms with Gasteiger partial charge in [0.25, 0.3) is 0 Å². The van der Waals surface area contributed by atoms with Crippen molar-refractivity contribution in [2.45, 2.75) is 68.3 Å². The van der Waals surface area contributed by atoms with Gasteiger partial charge < -0.3 is 20.5 Å². The second-order valence-electron chi connectivity index (χ2n) is 8.61. The first-order chi connectivity index (χ1) is 14.7. The van der Waals surface area contributed by atoms with E-state index in [1.807, 2.05) is 40.9 Å². The van der Waals surface area contributed by atoms with Crippen molar-refractivity contribution < 1.29 is 9.59 Å². The average Bonchev–Trinajstić information content (AvgIpc) is 3.45. The van der Waals surface area contributed by atoms with Crippen molar-refractivity contribution in [2.24, 2.45) is 0 Å². The number of aromatic amines is 1. The lowest BCUT2D eigenvalue weighted by atomic mass is 9.99. The Labute approximate surface area is 180 Å². The molecule has 30 heavy (non-hydrogen) atoms. The molecule has 0 bridgehead atoms. The summed E-state index contributed by atoms with van der Waals surface area (Å²) in [4.78, 5) is 34.8. The number of nitrogens with one attached hydrogen (secondary N) is 3. The van der Waals surface area contributed by atoms with Crippen molar-refractivity contribution in [3.8, 4) is 0 Å². The number of hydrogen-bond acceptors (Lipinski definition) is 4. The van der Waals surface area contributed by atoms with Crippen LogP contribution in [0.2, 0.25) is 0 Å². The normalized spacial score (nSPS) is 28.4. The highest BCUT2D eigenvalue weighted by atomic mass is 32.2. The van der Waals surface area contributed by atoms with Crippen LogP contribution in [0.5, 0.6) is 0 Å². The van der Waals surface area contributed by atoms with Crippen LogP contribution in [0.1, 0.15) is 56.8 Å². The highest BCUT2D eigenvalue weighted by Crippen LogP contribution is 2.34. The van der Waals surface area contributed by atoms with E-state index in [4.69, 9.17) is 4.98 Å². The summed E-state index contributed by atoms with van der Waals surface area (Å²) < 4.78 is 0. The summed E-state index contributed by atoms with van der Waals surface area (Å²) in [6.07, 6.45) is 6.73. The molecule has 3 saturated heterocycles. The van der Waals surface area contributed by atoms with E-state index in [0.717, 1.165) is 67.7 Å². The largest absolute Gasteiger partial charge is 0.340 e. The molecule has 8 heteroatoms. The lowest BCUT2D eigenvalue weighted by molar-refractivity contribution is -0.135. The first-order valence-electron chi connectivity index (χ1n) is 11.1. The van der Waals surface area contributed by atoms with Gasteiger partial charge in [0.1, 0.15) is 5.82 Å². The van der Waals surface area contributed by atoms with Crippen LogP contribution >= 0.6 is 11.8 Å². The van der Waals surface area contributed by atoms with Crippen molar-refractivity contribution in [3.63, 3.8) is 0 Å². The quantitative estimate of drug-likeness (QED) is 0.487. The Morgan fingerprint density at radius 1 is 1.20 bits per heavy atom. The van der Waals surface area contributed by atoms with Crippen LogP contribution in [-0.2, 0) is 4.79 Å². The highest BCUT2D eigenvalue weighted by Gasteiger charge is 2.42. The van der Waals surface area contributed by atoms with Crippen molar-refractivity contribution in [3.05, 3.63) is 30.1 Å². The molecular formula is C22H29N5O2S. The molecule has 0 aliphatic carbocycles. The van der Waals surface area contributed by atoms with Gasteiger partial charge in [-0.25, -0.2) is 9.78 Å². The zero-order chi connectivity index (χ0) is 20.5. The van der Waals surface area contributed by atoms with E-state index in [1.54, 1.807) is 0 Å². The number of unbranched alkanes of at least 4 members (excludes halogenated alkanes) is 1. The van der Waals surface area contributed by atoms with E-state index < -0.39 is 0 Å². The van der Waals surface area contributed by atoms with Gasteiger partial charge in [0.15, 0.2) is 0 Å². The minimum absolute atomic E-state index is 0.0350. The maximum absolute atomic E-state index is 13.0. The van der Waals surface area contributed by atoms with Crippen molar-refractivity contribution >= 4 is 34.7 Å².